The first-order valence-corrected chi connectivity index (χ1v) is 13.0. The second-order valence-electron chi connectivity index (χ2n) is 9.92. The fraction of sp³-hybridized carbons (Fsp3) is 0.323. The van der Waals surface area contributed by atoms with Crippen molar-refractivity contribution in [3.05, 3.63) is 88.6 Å². The van der Waals surface area contributed by atoms with Crippen LogP contribution in [0.3, 0.4) is 0 Å². The summed E-state index contributed by atoms with van der Waals surface area (Å²) in [6, 6.07) is 17.3. The van der Waals surface area contributed by atoms with E-state index in [0.29, 0.717) is 35.8 Å². The molecule has 2 fully saturated rings. The lowest BCUT2D eigenvalue weighted by molar-refractivity contribution is 0.0713. The maximum absolute atomic E-state index is 13.3. The zero-order chi connectivity index (χ0) is 25.8. The highest BCUT2D eigenvalue weighted by molar-refractivity contribution is 6.07. The largest absolute Gasteiger partial charge is 0.357 e. The van der Waals surface area contributed by atoms with Crippen molar-refractivity contribution in [1.29, 1.82) is 0 Å². The van der Waals surface area contributed by atoms with Crippen molar-refractivity contribution < 1.29 is 9.59 Å². The van der Waals surface area contributed by atoms with Gasteiger partial charge in [-0.3, -0.25) is 9.59 Å². The van der Waals surface area contributed by atoms with Gasteiger partial charge >= 0.3 is 0 Å². The quantitative estimate of drug-likeness (QED) is 0.495. The number of nitrogens with one attached hydrogen (secondary N) is 1. The van der Waals surface area contributed by atoms with E-state index in [1.165, 1.54) is 18.4 Å². The van der Waals surface area contributed by atoms with E-state index < -0.39 is 0 Å². The van der Waals surface area contributed by atoms with E-state index in [-0.39, 0.29) is 11.8 Å². The molecule has 2 aliphatic heterocycles. The molecule has 5 rings (SSSR count). The number of nitrogens with zero attached hydrogens (tertiary/aromatic N) is 3. The summed E-state index contributed by atoms with van der Waals surface area (Å²) in [5.41, 5.74) is 4.65. The summed E-state index contributed by atoms with van der Waals surface area (Å²) in [4.78, 5) is 35.0. The third-order valence-electron chi connectivity index (χ3n) is 7.50. The maximum atomic E-state index is 13.3. The van der Waals surface area contributed by atoms with Crippen LogP contribution in [0.5, 0.6) is 0 Å². The number of carbonyl (C=O) groups excluding carboxylic acids is 2. The van der Waals surface area contributed by atoms with Gasteiger partial charge in [0.15, 0.2) is 0 Å². The molecular formula is C31H32N4O2. The number of piperidine rings is 1. The fourth-order valence-corrected chi connectivity index (χ4v) is 5.24. The molecule has 3 heterocycles. The monoisotopic (exact) mass is 492 g/mol. The summed E-state index contributed by atoms with van der Waals surface area (Å²) in [5, 5.41) is 2.94. The Labute approximate surface area is 218 Å². The van der Waals surface area contributed by atoms with Gasteiger partial charge in [-0.15, -0.1) is 6.42 Å². The Balaban J connectivity index is 1.22. The Morgan fingerprint density at radius 1 is 0.973 bits per heavy atom. The van der Waals surface area contributed by atoms with E-state index in [1.807, 2.05) is 48.2 Å². The van der Waals surface area contributed by atoms with Crippen molar-refractivity contribution in [2.24, 2.45) is 0 Å². The lowest BCUT2D eigenvalue weighted by atomic mass is 9.88. The average molecular weight is 493 g/mol. The van der Waals surface area contributed by atoms with Gasteiger partial charge in [0.25, 0.3) is 11.8 Å². The van der Waals surface area contributed by atoms with Crippen LogP contribution in [0.15, 0.2) is 60.8 Å². The van der Waals surface area contributed by atoms with Crippen LogP contribution in [0.2, 0.25) is 0 Å². The third kappa shape index (κ3) is 5.51. The Bertz CT molecular complexity index is 1310. The number of hydrogen-bond acceptors (Lipinski definition) is 4. The van der Waals surface area contributed by atoms with Gasteiger partial charge in [0.05, 0.1) is 11.9 Å². The summed E-state index contributed by atoms with van der Waals surface area (Å²) in [7, 11) is 0. The third-order valence-corrected chi connectivity index (χ3v) is 7.50. The number of aryl methyl sites for hydroxylation is 1. The number of amides is 2. The van der Waals surface area contributed by atoms with Crippen LogP contribution >= 0.6 is 0 Å². The van der Waals surface area contributed by atoms with Gasteiger partial charge in [0.1, 0.15) is 5.82 Å². The Kier molecular flexibility index (Phi) is 7.23. The number of pyridine rings is 1. The van der Waals surface area contributed by atoms with Crippen molar-refractivity contribution in [2.75, 3.05) is 36.4 Å². The molecule has 2 saturated heterocycles. The average Bonchev–Trinajstić information content (AvgIpc) is 3.49. The minimum atomic E-state index is -0.239. The van der Waals surface area contributed by atoms with Crippen LogP contribution in [0.25, 0.3) is 0 Å². The Hall–Kier alpha value is -4.11. The number of hydrogen-bond donors (Lipinski definition) is 1. The predicted octanol–water partition coefficient (Wildman–Crippen LogP) is 5.24. The number of carbonyl (C=O) groups is 2. The highest BCUT2D eigenvalue weighted by Gasteiger charge is 2.25. The second kappa shape index (κ2) is 10.9. The number of terminal acetylenes is 1. The minimum Gasteiger partial charge on any atom is -0.357 e. The smallest absolute Gasteiger partial charge is 0.255 e. The van der Waals surface area contributed by atoms with Gasteiger partial charge in [-0.1, -0.05) is 24.1 Å². The van der Waals surface area contributed by atoms with Crippen LogP contribution in [-0.2, 0) is 0 Å². The molecule has 3 aromatic rings. The summed E-state index contributed by atoms with van der Waals surface area (Å²) in [5.74, 6) is 3.73. The second-order valence-corrected chi connectivity index (χ2v) is 9.92. The number of aromatic nitrogens is 1. The molecule has 2 aliphatic rings. The molecule has 0 aliphatic carbocycles. The van der Waals surface area contributed by atoms with Crippen molar-refractivity contribution >= 4 is 23.3 Å². The normalized spacial score (nSPS) is 15.9. The number of rotatable bonds is 5. The van der Waals surface area contributed by atoms with E-state index in [1.54, 1.807) is 12.3 Å². The molecular weight excluding hydrogens is 460 g/mol. The highest BCUT2D eigenvalue weighted by atomic mass is 16.2. The van der Waals surface area contributed by atoms with Crippen molar-refractivity contribution in [1.82, 2.24) is 9.88 Å². The molecule has 0 atom stereocenters. The van der Waals surface area contributed by atoms with Crippen LogP contribution in [-0.4, -0.2) is 47.9 Å². The zero-order valence-corrected chi connectivity index (χ0v) is 21.2. The molecule has 6 heteroatoms. The lowest BCUT2D eigenvalue weighted by Gasteiger charge is -2.32. The predicted molar refractivity (Wildman–Crippen MR) is 147 cm³/mol. The minimum absolute atomic E-state index is 0.0354. The van der Waals surface area contributed by atoms with Crippen LogP contribution < -0.4 is 10.2 Å². The standard InChI is InChI=1S/C31H32N4O2/c1-3-23-7-10-24(11-8-23)25-14-18-35(19-15-25)31(37)26-9-6-22(2)28(20-26)30(36)33-27-12-13-29(32-21-27)34-16-4-5-17-34/h1,6-13,20-21,25H,4-5,14-19H2,2H3,(H,33,36). The van der Waals surface area contributed by atoms with Crippen LogP contribution in [0, 0.1) is 19.3 Å². The Morgan fingerprint density at radius 3 is 2.35 bits per heavy atom. The van der Waals surface area contributed by atoms with Gasteiger partial charge in [-0.2, -0.15) is 0 Å². The van der Waals surface area contributed by atoms with Crippen molar-refractivity contribution in [3.8, 4) is 12.3 Å². The van der Waals surface area contributed by atoms with Gasteiger partial charge in [-0.25, -0.2) is 4.98 Å². The summed E-state index contributed by atoms with van der Waals surface area (Å²) in [6.45, 7) is 5.30. The number of anilines is 2. The molecule has 0 saturated carbocycles. The molecule has 37 heavy (non-hydrogen) atoms. The highest BCUT2D eigenvalue weighted by Crippen LogP contribution is 2.29. The van der Waals surface area contributed by atoms with E-state index in [0.717, 1.165) is 42.9 Å². The van der Waals surface area contributed by atoms with Gasteiger partial charge < -0.3 is 15.1 Å². The van der Waals surface area contributed by atoms with Crippen LogP contribution in [0.1, 0.15) is 69.0 Å². The Morgan fingerprint density at radius 2 is 1.70 bits per heavy atom. The first-order valence-electron chi connectivity index (χ1n) is 13.0. The van der Waals surface area contributed by atoms with Gasteiger partial charge in [-0.05, 0) is 86.1 Å². The van der Waals surface area contributed by atoms with Gasteiger partial charge in [0.2, 0.25) is 0 Å². The van der Waals surface area contributed by atoms with Crippen LogP contribution in [0.4, 0.5) is 11.5 Å². The first-order chi connectivity index (χ1) is 18.0. The molecule has 0 unspecified atom stereocenters. The summed E-state index contributed by atoms with van der Waals surface area (Å²) in [6.07, 6.45) is 11.3. The molecule has 0 spiro atoms. The topological polar surface area (TPSA) is 65.5 Å². The number of benzene rings is 2. The first kappa shape index (κ1) is 24.6. The van der Waals surface area contributed by atoms with E-state index >= 15 is 0 Å². The van der Waals surface area contributed by atoms with E-state index in [2.05, 4.69) is 33.3 Å². The fourth-order valence-electron chi connectivity index (χ4n) is 5.24. The maximum Gasteiger partial charge on any atom is 0.255 e. The molecule has 188 valence electrons. The molecule has 6 nitrogen and oxygen atoms in total. The number of likely N-dealkylation sites (tertiary alicyclic amines) is 1. The molecule has 1 aromatic heterocycles. The molecule has 0 bridgehead atoms. The molecule has 2 aromatic carbocycles. The molecule has 0 radical (unpaired) electrons. The molecule has 2 amide bonds. The van der Waals surface area contributed by atoms with Gasteiger partial charge in [0, 0.05) is 42.9 Å². The summed E-state index contributed by atoms with van der Waals surface area (Å²) < 4.78 is 0. The zero-order valence-electron chi connectivity index (χ0n) is 21.2. The van der Waals surface area contributed by atoms with Crippen molar-refractivity contribution in [3.63, 3.8) is 0 Å². The lowest BCUT2D eigenvalue weighted by Crippen LogP contribution is -2.38. The van der Waals surface area contributed by atoms with E-state index in [4.69, 9.17) is 6.42 Å². The van der Waals surface area contributed by atoms with Crippen molar-refractivity contribution in [2.45, 2.75) is 38.5 Å². The van der Waals surface area contributed by atoms with E-state index in [9.17, 15) is 9.59 Å². The summed E-state index contributed by atoms with van der Waals surface area (Å²) >= 11 is 0. The SMILES string of the molecule is C#Cc1ccc(C2CCN(C(=O)c3ccc(C)c(C(=O)Nc4ccc(N5CCCC5)nc4)c3)CC2)cc1. The molecule has 1 N–H and O–H groups in total.